The third-order valence-corrected chi connectivity index (χ3v) is 2.74. The summed E-state index contributed by atoms with van der Waals surface area (Å²) in [4.78, 5) is 4.31. The predicted molar refractivity (Wildman–Crippen MR) is 70.1 cm³/mol. The van der Waals surface area contributed by atoms with Crippen molar-refractivity contribution in [2.24, 2.45) is 0 Å². The lowest BCUT2D eigenvalue weighted by molar-refractivity contribution is 0.184. The van der Waals surface area contributed by atoms with E-state index in [9.17, 15) is 0 Å². The summed E-state index contributed by atoms with van der Waals surface area (Å²) >= 11 is 0. The summed E-state index contributed by atoms with van der Waals surface area (Å²) in [5, 5.41) is 3.38. The van der Waals surface area contributed by atoms with Crippen LogP contribution < -0.4 is 14.8 Å². The van der Waals surface area contributed by atoms with Gasteiger partial charge in [-0.3, -0.25) is 4.98 Å². The van der Waals surface area contributed by atoms with E-state index in [4.69, 9.17) is 14.2 Å². The molecule has 1 aromatic heterocycles. The first-order valence-electron chi connectivity index (χ1n) is 6.01. The number of hydrogen-bond acceptors (Lipinski definition) is 5. The van der Waals surface area contributed by atoms with Crippen molar-refractivity contribution >= 4 is 0 Å². The lowest BCUT2D eigenvalue weighted by Crippen LogP contribution is -2.27. The Labute approximate surface area is 108 Å². The van der Waals surface area contributed by atoms with E-state index in [0.29, 0.717) is 24.1 Å². The molecule has 0 saturated heterocycles. The Morgan fingerprint density at radius 1 is 1.28 bits per heavy atom. The maximum atomic E-state index is 5.33. The van der Waals surface area contributed by atoms with Crippen molar-refractivity contribution in [3.05, 3.63) is 18.0 Å². The van der Waals surface area contributed by atoms with E-state index in [2.05, 4.69) is 17.2 Å². The Balaban J connectivity index is 2.61. The first-order chi connectivity index (χ1) is 8.72. The zero-order valence-electron chi connectivity index (χ0n) is 11.5. The highest BCUT2D eigenvalue weighted by molar-refractivity contribution is 5.42. The van der Waals surface area contributed by atoms with Gasteiger partial charge >= 0.3 is 0 Å². The van der Waals surface area contributed by atoms with Gasteiger partial charge in [-0.05, 0) is 13.3 Å². The normalized spacial score (nSPS) is 12.2. The zero-order valence-corrected chi connectivity index (χ0v) is 11.5. The number of aromatic nitrogens is 1. The van der Waals surface area contributed by atoms with E-state index in [0.717, 1.165) is 18.7 Å². The van der Waals surface area contributed by atoms with Crippen LogP contribution in [0.1, 0.15) is 19.0 Å². The average molecular weight is 254 g/mol. The Bertz CT molecular complexity index is 358. The van der Waals surface area contributed by atoms with Crippen LogP contribution in [0.3, 0.4) is 0 Å². The van der Waals surface area contributed by atoms with Gasteiger partial charge in [0.25, 0.3) is 0 Å². The zero-order chi connectivity index (χ0) is 13.4. The van der Waals surface area contributed by atoms with Gasteiger partial charge in [0.05, 0.1) is 19.9 Å². The minimum Gasteiger partial charge on any atom is -0.493 e. The van der Waals surface area contributed by atoms with Crippen molar-refractivity contribution in [2.75, 3.05) is 27.9 Å². The number of hydrogen-bond donors (Lipinski definition) is 1. The van der Waals surface area contributed by atoms with Gasteiger partial charge in [0.2, 0.25) is 0 Å². The second kappa shape index (κ2) is 7.89. The Morgan fingerprint density at radius 3 is 2.67 bits per heavy atom. The van der Waals surface area contributed by atoms with Gasteiger partial charge in [-0.15, -0.1) is 0 Å². The summed E-state index contributed by atoms with van der Waals surface area (Å²) in [6, 6.07) is 2.15. The maximum Gasteiger partial charge on any atom is 0.183 e. The largest absolute Gasteiger partial charge is 0.493 e. The summed E-state index contributed by atoms with van der Waals surface area (Å²) in [5.41, 5.74) is 0.848. The van der Waals surface area contributed by atoms with Crippen LogP contribution >= 0.6 is 0 Å². The predicted octanol–water partition coefficient (Wildman–Crippen LogP) is 1.61. The van der Waals surface area contributed by atoms with Crippen molar-refractivity contribution in [3.63, 3.8) is 0 Å². The average Bonchev–Trinajstić information content (AvgIpc) is 2.41. The molecule has 0 saturated carbocycles. The molecule has 5 nitrogen and oxygen atoms in total. The van der Waals surface area contributed by atoms with E-state index in [-0.39, 0.29) is 0 Å². The molecule has 0 aliphatic rings. The third-order valence-electron chi connectivity index (χ3n) is 2.74. The highest BCUT2D eigenvalue weighted by Gasteiger charge is 2.11. The molecule has 0 bridgehead atoms. The Hall–Kier alpha value is -1.33. The molecule has 1 aromatic rings. The van der Waals surface area contributed by atoms with E-state index < -0.39 is 0 Å². The highest BCUT2D eigenvalue weighted by atomic mass is 16.5. The minimum absolute atomic E-state index is 0.364. The third kappa shape index (κ3) is 4.16. The molecule has 1 atom stereocenters. The molecule has 0 radical (unpaired) electrons. The van der Waals surface area contributed by atoms with Crippen LogP contribution in [0.5, 0.6) is 11.5 Å². The molecule has 0 aliphatic heterocycles. The molecular weight excluding hydrogens is 232 g/mol. The van der Waals surface area contributed by atoms with Crippen molar-refractivity contribution in [2.45, 2.75) is 25.9 Å². The van der Waals surface area contributed by atoms with Gasteiger partial charge in [-0.25, -0.2) is 0 Å². The van der Waals surface area contributed by atoms with Crippen LogP contribution in [0.2, 0.25) is 0 Å². The van der Waals surface area contributed by atoms with Crippen molar-refractivity contribution in [1.29, 1.82) is 0 Å². The molecule has 18 heavy (non-hydrogen) atoms. The number of rotatable bonds is 8. The summed E-state index contributed by atoms with van der Waals surface area (Å²) < 4.78 is 15.6. The fraction of sp³-hybridized carbons (Fsp3) is 0.615. The van der Waals surface area contributed by atoms with Gasteiger partial charge < -0.3 is 19.5 Å². The monoisotopic (exact) mass is 254 g/mol. The number of ether oxygens (including phenoxy) is 3. The highest BCUT2D eigenvalue weighted by Crippen LogP contribution is 2.28. The maximum absolute atomic E-state index is 5.33. The number of methoxy groups -OCH3 is 3. The molecule has 1 heterocycles. The van der Waals surface area contributed by atoms with Crippen molar-refractivity contribution in [1.82, 2.24) is 10.3 Å². The second-order valence-electron chi connectivity index (χ2n) is 4.06. The summed E-state index contributed by atoms with van der Waals surface area (Å²) in [6.07, 6.45) is 2.68. The quantitative estimate of drug-likeness (QED) is 0.764. The lowest BCUT2D eigenvalue weighted by atomic mass is 10.2. The Morgan fingerprint density at radius 2 is 2.06 bits per heavy atom. The number of pyridine rings is 1. The molecule has 5 heteroatoms. The van der Waals surface area contributed by atoms with Crippen LogP contribution in [0.25, 0.3) is 0 Å². The Kier molecular flexibility index (Phi) is 6.46. The molecule has 1 unspecified atom stereocenters. The van der Waals surface area contributed by atoms with Crippen LogP contribution in [0.4, 0.5) is 0 Å². The minimum atomic E-state index is 0.364. The fourth-order valence-electron chi connectivity index (χ4n) is 1.64. The van der Waals surface area contributed by atoms with Gasteiger partial charge in [0.15, 0.2) is 11.5 Å². The molecule has 102 valence electrons. The first-order valence-corrected chi connectivity index (χ1v) is 6.01. The molecule has 1 rings (SSSR count). The van der Waals surface area contributed by atoms with Crippen LogP contribution in [-0.4, -0.2) is 39.0 Å². The molecular formula is C13H22N2O3. The van der Waals surface area contributed by atoms with Crippen molar-refractivity contribution < 1.29 is 14.2 Å². The standard InChI is InChI=1S/C13H22N2O3/c1-10(6-8-16-2)15-9-11-13(18-4)12(17-3)5-7-14-11/h5,7,10,15H,6,8-9H2,1-4H3. The van der Waals surface area contributed by atoms with Crippen LogP contribution in [-0.2, 0) is 11.3 Å². The van der Waals surface area contributed by atoms with Gasteiger partial charge in [-0.1, -0.05) is 0 Å². The summed E-state index contributed by atoms with van der Waals surface area (Å²) in [7, 11) is 4.95. The topological polar surface area (TPSA) is 52.6 Å². The van der Waals surface area contributed by atoms with Crippen LogP contribution in [0.15, 0.2) is 12.3 Å². The molecule has 0 aromatic carbocycles. The number of nitrogens with zero attached hydrogens (tertiary/aromatic N) is 1. The van der Waals surface area contributed by atoms with Gasteiger partial charge in [0.1, 0.15) is 0 Å². The van der Waals surface area contributed by atoms with E-state index in [1.54, 1.807) is 33.6 Å². The molecule has 0 aliphatic carbocycles. The summed E-state index contributed by atoms with van der Waals surface area (Å²) in [5.74, 6) is 1.39. The molecule has 1 N–H and O–H groups in total. The SMILES string of the molecule is COCCC(C)NCc1nccc(OC)c1OC. The van der Waals surface area contributed by atoms with E-state index >= 15 is 0 Å². The van der Waals surface area contributed by atoms with Crippen molar-refractivity contribution in [3.8, 4) is 11.5 Å². The molecule has 0 amide bonds. The number of nitrogens with one attached hydrogen (secondary N) is 1. The van der Waals surface area contributed by atoms with E-state index in [1.165, 1.54) is 0 Å². The second-order valence-corrected chi connectivity index (χ2v) is 4.06. The molecule has 0 spiro atoms. The smallest absolute Gasteiger partial charge is 0.183 e. The van der Waals surface area contributed by atoms with Gasteiger partial charge in [0, 0.05) is 38.6 Å². The van der Waals surface area contributed by atoms with E-state index in [1.807, 2.05) is 0 Å². The lowest BCUT2D eigenvalue weighted by Gasteiger charge is -2.15. The first kappa shape index (κ1) is 14.7. The summed E-state index contributed by atoms with van der Waals surface area (Å²) in [6.45, 7) is 3.51. The van der Waals surface area contributed by atoms with Crippen LogP contribution in [0, 0.1) is 0 Å². The fourth-order valence-corrected chi connectivity index (χ4v) is 1.64. The van der Waals surface area contributed by atoms with Gasteiger partial charge in [-0.2, -0.15) is 0 Å². The molecule has 0 fully saturated rings.